The highest BCUT2D eigenvalue weighted by Crippen LogP contribution is 2.15. The van der Waals surface area contributed by atoms with E-state index < -0.39 is 0 Å². The topological polar surface area (TPSA) is 51.8 Å². The van der Waals surface area contributed by atoms with Gasteiger partial charge in [0.1, 0.15) is 6.33 Å². The first kappa shape index (κ1) is 9.13. The van der Waals surface area contributed by atoms with E-state index in [1.807, 2.05) is 6.07 Å². The molecule has 0 fully saturated rings. The van der Waals surface area contributed by atoms with Crippen LogP contribution in [0.25, 0.3) is 0 Å². The summed E-state index contributed by atoms with van der Waals surface area (Å²) in [6, 6.07) is 1.98. The van der Waals surface area contributed by atoms with Crippen LogP contribution in [0.3, 0.4) is 0 Å². The molecule has 1 rings (SSSR count). The molecule has 1 aromatic heterocycles. The van der Waals surface area contributed by atoms with Gasteiger partial charge in [0.2, 0.25) is 0 Å². The standard InChI is InChI=1S/C9H15N3/c1-3-7(2)9-4-8(5-10)11-6-12-9/h4,6-7H,3,5,10H2,1-2H3. The first-order chi connectivity index (χ1) is 5.77. The molecule has 12 heavy (non-hydrogen) atoms. The number of hydrogen-bond donors (Lipinski definition) is 1. The number of nitrogens with two attached hydrogens (primary N) is 1. The average Bonchev–Trinajstić information content (AvgIpc) is 2.17. The summed E-state index contributed by atoms with van der Waals surface area (Å²) in [5.74, 6) is 0.498. The van der Waals surface area contributed by atoms with Crippen LogP contribution in [0.2, 0.25) is 0 Å². The zero-order valence-corrected chi connectivity index (χ0v) is 7.62. The van der Waals surface area contributed by atoms with E-state index in [2.05, 4.69) is 23.8 Å². The molecule has 1 heterocycles. The van der Waals surface area contributed by atoms with E-state index in [0.29, 0.717) is 12.5 Å². The molecule has 2 N–H and O–H groups in total. The van der Waals surface area contributed by atoms with Gasteiger partial charge in [0, 0.05) is 12.2 Å². The van der Waals surface area contributed by atoms with Gasteiger partial charge >= 0.3 is 0 Å². The molecule has 0 aliphatic carbocycles. The van der Waals surface area contributed by atoms with Gasteiger partial charge in [-0.2, -0.15) is 0 Å². The van der Waals surface area contributed by atoms with Gasteiger partial charge in [-0.15, -0.1) is 0 Å². The van der Waals surface area contributed by atoms with Crippen LogP contribution in [0.4, 0.5) is 0 Å². The Morgan fingerprint density at radius 3 is 2.83 bits per heavy atom. The molecule has 66 valence electrons. The lowest BCUT2D eigenvalue weighted by atomic mass is 10.0. The summed E-state index contributed by atoms with van der Waals surface area (Å²) < 4.78 is 0. The molecule has 0 radical (unpaired) electrons. The van der Waals surface area contributed by atoms with E-state index >= 15 is 0 Å². The molecule has 3 heteroatoms. The molecule has 0 bridgehead atoms. The molecule has 0 spiro atoms. The molecular formula is C9H15N3. The average molecular weight is 165 g/mol. The lowest BCUT2D eigenvalue weighted by Crippen LogP contribution is -2.03. The zero-order chi connectivity index (χ0) is 8.97. The fraction of sp³-hybridized carbons (Fsp3) is 0.556. The highest BCUT2D eigenvalue weighted by atomic mass is 14.8. The third-order valence-corrected chi connectivity index (χ3v) is 2.07. The number of hydrogen-bond acceptors (Lipinski definition) is 3. The van der Waals surface area contributed by atoms with Crippen LogP contribution in [0.5, 0.6) is 0 Å². The monoisotopic (exact) mass is 165 g/mol. The van der Waals surface area contributed by atoms with Crippen molar-refractivity contribution in [3.05, 3.63) is 23.8 Å². The van der Waals surface area contributed by atoms with Crippen LogP contribution in [0, 0.1) is 0 Å². The Hall–Kier alpha value is -0.960. The minimum absolute atomic E-state index is 0.492. The lowest BCUT2D eigenvalue weighted by Gasteiger charge is -2.07. The Kier molecular flexibility index (Phi) is 3.17. The predicted molar refractivity (Wildman–Crippen MR) is 48.6 cm³/mol. The van der Waals surface area contributed by atoms with Crippen LogP contribution < -0.4 is 5.73 Å². The Morgan fingerprint density at radius 2 is 2.25 bits per heavy atom. The first-order valence-corrected chi connectivity index (χ1v) is 4.28. The molecule has 0 aliphatic rings. The second-order valence-corrected chi connectivity index (χ2v) is 2.95. The van der Waals surface area contributed by atoms with Crippen LogP contribution in [-0.2, 0) is 6.54 Å². The summed E-state index contributed by atoms with van der Waals surface area (Å²) in [6.07, 6.45) is 2.69. The van der Waals surface area contributed by atoms with Crippen molar-refractivity contribution in [2.24, 2.45) is 5.73 Å². The van der Waals surface area contributed by atoms with Crippen molar-refractivity contribution < 1.29 is 0 Å². The molecule has 0 saturated carbocycles. The number of rotatable bonds is 3. The fourth-order valence-corrected chi connectivity index (χ4v) is 1.01. The molecule has 1 atom stereocenters. The van der Waals surface area contributed by atoms with E-state index in [-0.39, 0.29) is 0 Å². The summed E-state index contributed by atoms with van der Waals surface area (Å²) >= 11 is 0. The number of nitrogens with zero attached hydrogens (tertiary/aromatic N) is 2. The van der Waals surface area contributed by atoms with Crippen molar-refractivity contribution in [1.82, 2.24) is 9.97 Å². The van der Waals surface area contributed by atoms with Gasteiger partial charge in [0.05, 0.1) is 5.69 Å². The van der Waals surface area contributed by atoms with Crippen molar-refractivity contribution in [3.8, 4) is 0 Å². The Morgan fingerprint density at radius 1 is 1.50 bits per heavy atom. The zero-order valence-electron chi connectivity index (χ0n) is 7.62. The third-order valence-electron chi connectivity index (χ3n) is 2.07. The van der Waals surface area contributed by atoms with Gasteiger partial charge in [0.25, 0.3) is 0 Å². The highest BCUT2D eigenvalue weighted by molar-refractivity contribution is 5.11. The largest absolute Gasteiger partial charge is 0.325 e. The summed E-state index contributed by atoms with van der Waals surface area (Å²) in [6.45, 7) is 4.80. The highest BCUT2D eigenvalue weighted by Gasteiger charge is 2.04. The van der Waals surface area contributed by atoms with Crippen LogP contribution in [0.1, 0.15) is 37.6 Å². The third kappa shape index (κ3) is 2.01. The molecule has 3 nitrogen and oxygen atoms in total. The van der Waals surface area contributed by atoms with E-state index in [4.69, 9.17) is 5.73 Å². The van der Waals surface area contributed by atoms with Crippen molar-refractivity contribution in [2.75, 3.05) is 0 Å². The molecule has 0 amide bonds. The maximum Gasteiger partial charge on any atom is 0.115 e. The van der Waals surface area contributed by atoms with Crippen LogP contribution >= 0.6 is 0 Å². The molecular weight excluding hydrogens is 150 g/mol. The van der Waals surface area contributed by atoms with Crippen LogP contribution in [-0.4, -0.2) is 9.97 Å². The van der Waals surface area contributed by atoms with Crippen molar-refractivity contribution in [1.29, 1.82) is 0 Å². The summed E-state index contributed by atoms with van der Waals surface area (Å²) in [5, 5.41) is 0. The molecule has 1 unspecified atom stereocenters. The van der Waals surface area contributed by atoms with Crippen molar-refractivity contribution >= 4 is 0 Å². The van der Waals surface area contributed by atoms with Gasteiger partial charge in [-0.1, -0.05) is 13.8 Å². The molecule has 0 saturated heterocycles. The lowest BCUT2D eigenvalue weighted by molar-refractivity contribution is 0.699. The van der Waals surface area contributed by atoms with Gasteiger partial charge in [0.15, 0.2) is 0 Å². The molecule has 0 aromatic carbocycles. The molecule has 0 aliphatic heterocycles. The number of aromatic nitrogens is 2. The SMILES string of the molecule is CCC(C)c1cc(CN)ncn1. The van der Waals surface area contributed by atoms with E-state index in [0.717, 1.165) is 17.8 Å². The van der Waals surface area contributed by atoms with Crippen molar-refractivity contribution in [3.63, 3.8) is 0 Å². The Labute approximate surface area is 73.0 Å². The van der Waals surface area contributed by atoms with Gasteiger partial charge in [-0.05, 0) is 18.4 Å². The quantitative estimate of drug-likeness (QED) is 0.737. The minimum Gasteiger partial charge on any atom is -0.325 e. The van der Waals surface area contributed by atoms with E-state index in [1.54, 1.807) is 6.33 Å². The van der Waals surface area contributed by atoms with Crippen molar-refractivity contribution in [2.45, 2.75) is 32.7 Å². The first-order valence-electron chi connectivity index (χ1n) is 4.28. The maximum absolute atomic E-state index is 5.47. The van der Waals surface area contributed by atoms with Gasteiger partial charge < -0.3 is 5.73 Å². The van der Waals surface area contributed by atoms with Gasteiger partial charge in [-0.3, -0.25) is 0 Å². The van der Waals surface area contributed by atoms with Crippen LogP contribution in [0.15, 0.2) is 12.4 Å². The van der Waals surface area contributed by atoms with Gasteiger partial charge in [-0.25, -0.2) is 9.97 Å². The van der Waals surface area contributed by atoms with E-state index in [9.17, 15) is 0 Å². The Bertz CT molecular complexity index is 247. The molecule has 1 aromatic rings. The summed E-state index contributed by atoms with van der Waals surface area (Å²) in [4.78, 5) is 8.23. The summed E-state index contributed by atoms with van der Waals surface area (Å²) in [7, 11) is 0. The maximum atomic E-state index is 5.47. The fourth-order valence-electron chi connectivity index (χ4n) is 1.01. The second-order valence-electron chi connectivity index (χ2n) is 2.95. The van der Waals surface area contributed by atoms with E-state index in [1.165, 1.54) is 0 Å². The minimum atomic E-state index is 0.492. The Balaban J connectivity index is 2.86. The smallest absolute Gasteiger partial charge is 0.115 e. The normalized spacial score (nSPS) is 12.9. The second kappa shape index (κ2) is 4.16. The summed E-state index contributed by atoms with van der Waals surface area (Å²) in [5.41, 5.74) is 7.48. The predicted octanol–water partition coefficient (Wildman–Crippen LogP) is 1.45.